The van der Waals surface area contributed by atoms with Gasteiger partial charge in [0.1, 0.15) is 23.1 Å². The lowest BCUT2D eigenvalue weighted by atomic mass is 10.0. The minimum Gasteiger partial charge on any atom is -0.508 e. The predicted octanol–water partition coefficient (Wildman–Crippen LogP) is 4.43. The molecule has 1 fully saturated rings. The van der Waals surface area contributed by atoms with Gasteiger partial charge in [-0.3, -0.25) is 4.79 Å². The molecule has 30 heavy (non-hydrogen) atoms. The molecule has 1 aliphatic rings. The summed E-state index contributed by atoms with van der Waals surface area (Å²) in [6.45, 7) is 7.81. The van der Waals surface area contributed by atoms with E-state index in [2.05, 4.69) is 10.6 Å². The first-order valence-corrected chi connectivity index (χ1v) is 10.2. The number of nitrogens with one attached hydrogen (secondary N) is 2. The number of aromatic hydroxyl groups is 2. The zero-order valence-corrected chi connectivity index (χ0v) is 17.9. The number of rotatable bonds is 7. The van der Waals surface area contributed by atoms with Gasteiger partial charge in [0.05, 0.1) is 6.04 Å². The van der Waals surface area contributed by atoms with Crippen molar-refractivity contribution in [3.05, 3.63) is 71.1 Å². The molecule has 6 heteroatoms. The molecule has 1 aliphatic carbocycles. The van der Waals surface area contributed by atoms with Crippen LogP contribution in [0.4, 0.5) is 0 Å². The van der Waals surface area contributed by atoms with Crippen molar-refractivity contribution in [1.29, 1.82) is 0 Å². The Labute approximate surface area is 177 Å². The van der Waals surface area contributed by atoms with Crippen molar-refractivity contribution >= 4 is 5.91 Å². The molecule has 0 radical (unpaired) electrons. The van der Waals surface area contributed by atoms with Gasteiger partial charge < -0.3 is 25.6 Å². The van der Waals surface area contributed by atoms with Crippen molar-refractivity contribution in [2.75, 3.05) is 0 Å². The molecule has 0 bridgehead atoms. The van der Waals surface area contributed by atoms with Crippen LogP contribution >= 0.6 is 0 Å². The van der Waals surface area contributed by atoms with E-state index in [1.807, 2.05) is 27.7 Å². The third-order valence-corrected chi connectivity index (χ3v) is 4.75. The lowest BCUT2D eigenvalue weighted by Gasteiger charge is -2.28. The van der Waals surface area contributed by atoms with Gasteiger partial charge in [0, 0.05) is 0 Å². The number of amides is 1. The van der Waals surface area contributed by atoms with E-state index >= 15 is 0 Å². The Balaban J connectivity index is 1.83. The van der Waals surface area contributed by atoms with E-state index in [1.54, 1.807) is 48.5 Å². The summed E-state index contributed by atoms with van der Waals surface area (Å²) < 4.78 is 6.10. The van der Waals surface area contributed by atoms with Crippen LogP contribution in [0.25, 0.3) is 0 Å². The first-order chi connectivity index (χ1) is 14.1. The van der Waals surface area contributed by atoms with E-state index in [0.29, 0.717) is 5.88 Å². The zero-order valence-electron chi connectivity index (χ0n) is 17.9. The molecular weight excluding hydrogens is 380 g/mol. The van der Waals surface area contributed by atoms with Gasteiger partial charge in [-0.2, -0.15) is 0 Å². The summed E-state index contributed by atoms with van der Waals surface area (Å²) >= 11 is 0. The maximum atomic E-state index is 13.3. The van der Waals surface area contributed by atoms with Crippen LogP contribution in [0.2, 0.25) is 0 Å². The molecule has 1 amide bonds. The average molecular weight is 411 g/mol. The van der Waals surface area contributed by atoms with Crippen molar-refractivity contribution < 1.29 is 19.7 Å². The third-order valence-electron chi connectivity index (χ3n) is 4.75. The fourth-order valence-electron chi connectivity index (χ4n) is 3.04. The van der Waals surface area contributed by atoms with Gasteiger partial charge in [-0.05, 0) is 81.5 Å². The lowest BCUT2D eigenvalue weighted by molar-refractivity contribution is -0.124. The van der Waals surface area contributed by atoms with Gasteiger partial charge in [-0.1, -0.05) is 24.3 Å². The summed E-state index contributed by atoms with van der Waals surface area (Å²) in [6, 6.07) is 12.4. The highest BCUT2D eigenvalue weighted by molar-refractivity contribution is 5.84. The molecule has 3 rings (SSSR count). The second kappa shape index (κ2) is 8.69. The van der Waals surface area contributed by atoms with E-state index in [1.165, 1.54) is 0 Å². The highest BCUT2D eigenvalue weighted by Crippen LogP contribution is 2.34. The number of hydrogen-bond donors (Lipinski definition) is 4. The van der Waals surface area contributed by atoms with Crippen LogP contribution in [-0.4, -0.2) is 21.7 Å². The number of phenols is 2. The van der Waals surface area contributed by atoms with E-state index in [4.69, 9.17) is 4.74 Å². The Hall–Kier alpha value is -3.15. The highest BCUT2D eigenvalue weighted by atomic mass is 16.5. The molecule has 2 aromatic rings. The van der Waals surface area contributed by atoms with Gasteiger partial charge in [0.15, 0.2) is 5.88 Å². The van der Waals surface area contributed by atoms with E-state index in [0.717, 1.165) is 29.5 Å². The van der Waals surface area contributed by atoms with Gasteiger partial charge in [-0.25, -0.2) is 0 Å². The first kappa shape index (κ1) is 21.6. The fourth-order valence-corrected chi connectivity index (χ4v) is 3.04. The molecule has 1 saturated carbocycles. The maximum absolute atomic E-state index is 13.3. The van der Waals surface area contributed by atoms with E-state index in [-0.39, 0.29) is 23.4 Å². The topological polar surface area (TPSA) is 90.8 Å². The second-order valence-electron chi connectivity index (χ2n) is 8.64. The van der Waals surface area contributed by atoms with Crippen LogP contribution in [0.3, 0.4) is 0 Å². The number of benzene rings is 2. The molecule has 0 aliphatic heterocycles. The molecule has 0 heterocycles. The number of phenolic OH excluding ortho intramolecular Hbond substituents is 2. The van der Waals surface area contributed by atoms with Crippen LogP contribution in [0.5, 0.6) is 11.5 Å². The van der Waals surface area contributed by atoms with Crippen LogP contribution < -0.4 is 10.6 Å². The molecule has 160 valence electrons. The minimum absolute atomic E-state index is 0.141. The molecule has 0 spiro atoms. The molecule has 0 aromatic heterocycles. The van der Waals surface area contributed by atoms with Crippen LogP contribution in [0.1, 0.15) is 63.7 Å². The largest absolute Gasteiger partial charge is 0.508 e. The van der Waals surface area contributed by atoms with Gasteiger partial charge >= 0.3 is 0 Å². The van der Waals surface area contributed by atoms with Crippen molar-refractivity contribution in [3.63, 3.8) is 0 Å². The molecular formula is C24H30N2O4. The highest BCUT2D eigenvalue weighted by Gasteiger charge is 2.29. The standard InChI is InChI=1S/C24H30N2O4/c1-15(16-7-11-19(27)12-8-16)25-22(29)21(17-9-13-20(28)14-10-17)26-23(18-5-6-18)30-24(2,3)4/h7-15,21,26-28H,5-6H2,1-4H3,(H,25,29). The molecule has 2 atom stereocenters. The third kappa shape index (κ3) is 5.92. The average Bonchev–Trinajstić information content (AvgIpc) is 3.50. The predicted molar refractivity (Wildman–Crippen MR) is 116 cm³/mol. The number of carbonyl (C=O) groups is 1. The number of hydrogen-bond acceptors (Lipinski definition) is 5. The Kier molecular flexibility index (Phi) is 6.25. The Morgan fingerprint density at radius 1 is 0.900 bits per heavy atom. The van der Waals surface area contributed by atoms with Crippen molar-refractivity contribution in [1.82, 2.24) is 10.6 Å². The van der Waals surface area contributed by atoms with Crippen molar-refractivity contribution in [2.24, 2.45) is 0 Å². The smallest absolute Gasteiger partial charge is 0.247 e. The Morgan fingerprint density at radius 3 is 1.87 bits per heavy atom. The summed E-state index contributed by atoms with van der Waals surface area (Å²) in [5.74, 6) is 0.758. The fraction of sp³-hybridized carbons (Fsp3) is 0.375. The Morgan fingerprint density at radius 2 is 1.40 bits per heavy atom. The monoisotopic (exact) mass is 410 g/mol. The first-order valence-electron chi connectivity index (χ1n) is 10.2. The molecule has 2 unspecified atom stereocenters. The summed E-state index contributed by atoms with van der Waals surface area (Å²) in [5, 5.41) is 25.5. The second-order valence-corrected chi connectivity index (χ2v) is 8.64. The molecule has 2 aromatic carbocycles. The SMILES string of the molecule is CC(NC(=O)C(NC(OC(C)(C)C)=C1CC1)c1ccc(O)cc1)c1ccc(O)cc1. The van der Waals surface area contributed by atoms with Gasteiger partial charge in [0.25, 0.3) is 0 Å². The normalized spacial score (nSPS) is 15.1. The number of allylic oxidation sites excluding steroid dienone is 1. The van der Waals surface area contributed by atoms with Crippen molar-refractivity contribution in [3.8, 4) is 11.5 Å². The molecule has 0 saturated heterocycles. The number of ether oxygens (including phenoxy) is 1. The van der Waals surface area contributed by atoms with Crippen molar-refractivity contribution in [2.45, 2.75) is 58.2 Å². The zero-order chi connectivity index (χ0) is 21.9. The van der Waals surface area contributed by atoms with E-state index in [9.17, 15) is 15.0 Å². The van der Waals surface area contributed by atoms with Gasteiger partial charge in [-0.15, -0.1) is 0 Å². The number of carbonyl (C=O) groups excluding carboxylic acids is 1. The van der Waals surface area contributed by atoms with Crippen LogP contribution in [0, 0.1) is 0 Å². The maximum Gasteiger partial charge on any atom is 0.247 e. The summed E-state index contributed by atoms with van der Waals surface area (Å²) in [7, 11) is 0. The Bertz CT molecular complexity index is 906. The summed E-state index contributed by atoms with van der Waals surface area (Å²) in [6.07, 6.45) is 1.90. The quantitative estimate of drug-likeness (QED) is 0.507. The molecule has 4 N–H and O–H groups in total. The van der Waals surface area contributed by atoms with Crippen LogP contribution in [0.15, 0.2) is 60.0 Å². The molecule has 6 nitrogen and oxygen atoms in total. The lowest BCUT2D eigenvalue weighted by Crippen LogP contribution is -2.40. The summed E-state index contributed by atoms with van der Waals surface area (Å²) in [4.78, 5) is 13.3. The summed E-state index contributed by atoms with van der Waals surface area (Å²) in [5.41, 5.74) is 2.37. The van der Waals surface area contributed by atoms with E-state index < -0.39 is 11.6 Å². The van der Waals surface area contributed by atoms with Crippen LogP contribution in [-0.2, 0) is 9.53 Å². The minimum atomic E-state index is -0.685. The van der Waals surface area contributed by atoms with Gasteiger partial charge in [0.2, 0.25) is 5.91 Å².